The predicted molar refractivity (Wildman–Crippen MR) is 85.6 cm³/mol. The molecular formula is C17H18N2S. The average molecular weight is 282 g/mol. The summed E-state index contributed by atoms with van der Waals surface area (Å²) in [4.78, 5) is 5.61. The molecule has 0 N–H and O–H groups in total. The lowest BCUT2D eigenvalue weighted by Crippen LogP contribution is -1.87. The lowest BCUT2D eigenvalue weighted by molar-refractivity contribution is 0.866. The minimum Gasteiger partial charge on any atom is -0.240 e. The molecule has 1 aromatic carbocycles. The fraction of sp³-hybridized carbons (Fsp3) is 0.294. The molecule has 0 radical (unpaired) electrons. The van der Waals surface area contributed by atoms with Gasteiger partial charge in [-0.2, -0.15) is 5.26 Å². The van der Waals surface area contributed by atoms with E-state index in [4.69, 9.17) is 0 Å². The van der Waals surface area contributed by atoms with Crippen LogP contribution >= 0.6 is 11.3 Å². The van der Waals surface area contributed by atoms with Crippen LogP contribution in [-0.2, 0) is 0 Å². The fourth-order valence-electron chi connectivity index (χ4n) is 1.87. The molecule has 3 heteroatoms. The highest BCUT2D eigenvalue weighted by Gasteiger charge is 2.08. The zero-order chi connectivity index (χ0) is 14.7. The van der Waals surface area contributed by atoms with E-state index in [1.165, 1.54) is 5.56 Å². The number of nitrogens with zero attached hydrogens (tertiary/aromatic N) is 2. The summed E-state index contributed by atoms with van der Waals surface area (Å²) in [5.41, 5.74) is 3.97. The molecule has 0 amide bonds. The average Bonchev–Trinajstić information content (AvgIpc) is 2.76. The molecule has 2 nitrogen and oxygen atoms in total. The number of benzene rings is 1. The van der Waals surface area contributed by atoms with Gasteiger partial charge in [0.05, 0.1) is 11.3 Å². The van der Waals surface area contributed by atoms with Gasteiger partial charge in [-0.1, -0.05) is 38.1 Å². The molecule has 0 aliphatic heterocycles. The summed E-state index contributed by atoms with van der Waals surface area (Å²) in [6.07, 6.45) is 1.90. The van der Waals surface area contributed by atoms with E-state index in [9.17, 15) is 5.26 Å². The van der Waals surface area contributed by atoms with Crippen LogP contribution in [0.3, 0.4) is 0 Å². The maximum atomic E-state index is 9.33. The van der Waals surface area contributed by atoms with E-state index in [2.05, 4.69) is 49.2 Å². The molecule has 0 unspecified atom stereocenters. The van der Waals surface area contributed by atoms with Gasteiger partial charge in [-0.15, -0.1) is 11.3 Å². The molecule has 0 atom stereocenters. The Labute approximate surface area is 124 Å². The Bertz CT molecular complexity index is 651. The largest absolute Gasteiger partial charge is 0.240 e. The number of rotatable bonds is 3. The van der Waals surface area contributed by atoms with Gasteiger partial charge in [0.15, 0.2) is 0 Å². The Balaban J connectivity index is 2.34. The van der Waals surface area contributed by atoms with E-state index in [1.54, 1.807) is 11.3 Å². The summed E-state index contributed by atoms with van der Waals surface area (Å²) < 4.78 is 0. The quantitative estimate of drug-likeness (QED) is 0.747. The van der Waals surface area contributed by atoms with Crippen LogP contribution in [-0.4, -0.2) is 4.98 Å². The van der Waals surface area contributed by atoms with Crippen LogP contribution in [0.5, 0.6) is 0 Å². The molecule has 102 valence electrons. The van der Waals surface area contributed by atoms with Crippen molar-refractivity contribution in [3.8, 4) is 6.07 Å². The first-order valence-electron chi connectivity index (χ1n) is 6.67. The van der Waals surface area contributed by atoms with Gasteiger partial charge in [0.1, 0.15) is 11.1 Å². The van der Waals surface area contributed by atoms with Crippen molar-refractivity contribution in [3.63, 3.8) is 0 Å². The van der Waals surface area contributed by atoms with Crippen LogP contribution in [0.4, 0.5) is 0 Å². The topological polar surface area (TPSA) is 36.7 Å². The molecule has 20 heavy (non-hydrogen) atoms. The summed E-state index contributed by atoms with van der Waals surface area (Å²) in [6.45, 7) is 8.35. The standard InChI is InChI=1S/C17H18N2S/c1-11(2)15-7-5-14(6-8-15)9-16(10-18)17-19-12(3)13(4)20-17/h5-9,11H,1-4H3/b16-9+. The highest BCUT2D eigenvalue weighted by Crippen LogP contribution is 2.25. The van der Waals surface area contributed by atoms with Crippen LogP contribution in [0.25, 0.3) is 11.6 Å². The Morgan fingerprint density at radius 2 is 1.90 bits per heavy atom. The lowest BCUT2D eigenvalue weighted by Gasteiger charge is -2.04. The predicted octanol–water partition coefficient (Wildman–Crippen LogP) is 4.95. The number of hydrogen-bond donors (Lipinski definition) is 0. The van der Waals surface area contributed by atoms with E-state index in [1.807, 2.05) is 19.9 Å². The first-order chi connectivity index (χ1) is 9.51. The second kappa shape index (κ2) is 6.02. The number of thiazole rings is 1. The van der Waals surface area contributed by atoms with Crippen molar-refractivity contribution in [1.29, 1.82) is 5.26 Å². The van der Waals surface area contributed by atoms with Crippen molar-refractivity contribution in [3.05, 3.63) is 51.0 Å². The van der Waals surface area contributed by atoms with Crippen molar-refractivity contribution in [1.82, 2.24) is 4.98 Å². The zero-order valence-electron chi connectivity index (χ0n) is 12.3. The third kappa shape index (κ3) is 3.15. The zero-order valence-corrected chi connectivity index (χ0v) is 13.1. The summed E-state index contributed by atoms with van der Waals surface area (Å²) in [5.74, 6) is 0.521. The summed E-state index contributed by atoms with van der Waals surface area (Å²) in [6, 6.07) is 10.6. The molecule has 0 saturated carbocycles. The monoisotopic (exact) mass is 282 g/mol. The highest BCUT2D eigenvalue weighted by atomic mass is 32.1. The van der Waals surface area contributed by atoms with Crippen LogP contribution < -0.4 is 0 Å². The van der Waals surface area contributed by atoms with E-state index >= 15 is 0 Å². The highest BCUT2D eigenvalue weighted by molar-refractivity contribution is 7.12. The molecule has 0 fully saturated rings. The van der Waals surface area contributed by atoms with Crippen molar-refractivity contribution in [2.45, 2.75) is 33.6 Å². The van der Waals surface area contributed by atoms with E-state index in [0.717, 1.165) is 21.1 Å². The first-order valence-corrected chi connectivity index (χ1v) is 7.49. The van der Waals surface area contributed by atoms with Crippen LogP contribution in [0.2, 0.25) is 0 Å². The molecular weight excluding hydrogens is 264 g/mol. The molecule has 0 aliphatic carbocycles. The third-order valence-electron chi connectivity index (χ3n) is 3.29. The molecule has 2 aromatic rings. The maximum absolute atomic E-state index is 9.33. The van der Waals surface area contributed by atoms with Gasteiger partial charge in [0.25, 0.3) is 0 Å². The fourth-order valence-corrected chi connectivity index (χ4v) is 2.75. The van der Waals surface area contributed by atoms with Crippen molar-refractivity contribution in [2.24, 2.45) is 0 Å². The van der Waals surface area contributed by atoms with Crippen LogP contribution in [0, 0.1) is 25.2 Å². The summed E-state index contributed by atoms with van der Waals surface area (Å²) in [5, 5.41) is 10.1. The van der Waals surface area contributed by atoms with Gasteiger partial charge >= 0.3 is 0 Å². The number of allylic oxidation sites excluding steroid dienone is 1. The Kier molecular flexibility index (Phi) is 4.36. The third-order valence-corrected chi connectivity index (χ3v) is 4.40. The van der Waals surface area contributed by atoms with Gasteiger partial charge in [0, 0.05) is 4.88 Å². The van der Waals surface area contributed by atoms with Gasteiger partial charge in [-0.25, -0.2) is 4.98 Å². The second-order valence-corrected chi connectivity index (χ2v) is 6.35. The minimum atomic E-state index is 0.521. The second-order valence-electron chi connectivity index (χ2n) is 5.15. The number of aryl methyl sites for hydroxylation is 2. The smallest absolute Gasteiger partial charge is 0.134 e. The SMILES string of the molecule is Cc1nc(/C(C#N)=C/c2ccc(C(C)C)cc2)sc1C. The first kappa shape index (κ1) is 14.5. The van der Waals surface area contributed by atoms with E-state index in [0.29, 0.717) is 11.5 Å². The van der Waals surface area contributed by atoms with Gasteiger partial charge in [-0.05, 0) is 37.0 Å². The van der Waals surface area contributed by atoms with Crippen molar-refractivity contribution >= 4 is 23.0 Å². The van der Waals surface area contributed by atoms with Gasteiger partial charge < -0.3 is 0 Å². The molecule has 1 aromatic heterocycles. The number of hydrogen-bond acceptors (Lipinski definition) is 3. The Hall–Kier alpha value is -1.92. The van der Waals surface area contributed by atoms with Gasteiger partial charge in [0.2, 0.25) is 0 Å². The molecule has 0 bridgehead atoms. The van der Waals surface area contributed by atoms with Crippen LogP contribution in [0.15, 0.2) is 24.3 Å². The molecule has 0 aliphatic rings. The van der Waals surface area contributed by atoms with Crippen molar-refractivity contribution in [2.75, 3.05) is 0 Å². The van der Waals surface area contributed by atoms with Gasteiger partial charge in [-0.3, -0.25) is 0 Å². The number of nitriles is 1. The number of aromatic nitrogens is 1. The van der Waals surface area contributed by atoms with Crippen LogP contribution in [0.1, 0.15) is 46.5 Å². The summed E-state index contributed by atoms with van der Waals surface area (Å²) in [7, 11) is 0. The minimum absolute atomic E-state index is 0.521. The Morgan fingerprint density at radius 1 is 1.25 bits per heavy atom. The lowest BCUT2D eigenvalue weighted by atomic mass is 10.0. The molecule has 2 rings (SSSR count). The summed E-state index contributed by atoms with van der Waals surface area (Å²) >= 11 is 1.57. The molecule has 0 spiro atoms. The van der Waals surface area contributed by atoms with E-state index < -0.39 is 0 Å². The molecule has 0 saturated heterocycles. The Morgan fingerprint density at radius 3 is 2.35 bits per heavy atom. The van der Waals surface area contributed by atoms with Crippen molar-refractivity contribution < 1.29 is 0 Å². The maximum Gasteiger partial charge on any atom is 0.134 e. The van der Waals surface area contributed by atoms with E-state index in [-0.39, 0.29) is 0 Å². The normalized spacial score (nSPS) is 11.7. The molecule has 1 heterocycles.